The van der Waals surface area contributed by atoms with Crippen molar-refractivity contribution in [3.05, 3.63) is 0 Å². The molecule has 0 aliphatic rings. The van der Waals surface area contributed by atoms with Gasteiger partial charge in [0.25, 0.3) is 0 Å². The van der Waals surface area contributed by atoms with Crippen molar-refractivity contribution in [2.75, 3.05) is 12.5 Å². The highest BCUT2D eigenvalue weighted by molar-refractivity contribution is 8.65. The summed E-state index contributed by atoms with van der Waals surface area (Å²) in [5, 5.41) is 0. The highest BCUT2D eigenvalue weighted by atomic mass is 32.9. The third-order valence-electron chi connectivity index (χ3n) is 0.490. The maximum Gasteiger partial charge on any atom is 0.198 e. The van der Waals surface area contributed by atoms with Gasteiger partial charge in [0.2, 0.25) is 0 Å². The van der Waals surface area contributed by atoms with Crippen LogP contribution in [-0.4, -0.2) is 22.3 Å². The number of hydrogen-bond acceptors (Lipinski definition) is 0. The zero-order valence-corrected chi connectivity index (χ0v) is 6.80. The molecule has 0 aromatic carbocycles. The Morgan fingerprint density at radius 2 is 1.57 bits per heavy atom. The number of hydrogen-bond donors (Lipinski definition) is 3. The van der Waals surface area contributed by atoms with E-state index >= 15 is 0 Å². The molecular weight excluding hydrogens is 151 g/mol. The van der Waals surface area contributed by atoms with E-state index in [1.165, 1.54) is 0 Å². The molecule has 0 saturated heterocycles. The van der Waals surface area contributed by atoms with Crippen LogP contribution in [0.25, 0.3) is 0 Å². The first-order valence-corrected chi connectivity index (χ1v) is 7.09. The molecule has 0 aromatic heterocycles. The van der Waals surface area contributed by atoms with Gasteiger partial charge in [0, 0.05) is 0 Å². The van der Waals surface area contributed by atoms with Crippen LogP contribution >= 0.6 is 17.9 Å². The summed E-state index contributed by atoms with van der Waals surface area (Å²) < 4.78 is 0. The monoisotopic (exact) mass is 160 g/mol. The Labute approximate surface area is 50.8 Å². The van der Waals surface area contributed by atoms with E-state index in [4.69, 9.17) is 9.79 Å². The SMILES string of the molecule is CS(C)=P(O)(O)S. The summed E-state index contributed by atoms with van der Waals surface area (Å²) in [5.74, 6) is 0. The van der Waals surface area contributed by atoms with Crippen LogP contribution < -0.4 is 0 Å². The van der Waals surface area contributed by atoms with E-state index in [1.807, 2.05) is 0 Å². The summed E-state index contributed by atoms with van der Waals surface area (Å²) in [7, 11) is -0.346. The smallest absolute Gasteiger partial charge is 0.198 e. The van der Waals surface area contributed by atoms with Crippen molar-refractivity contribution in [2.45, 2.75) is 0 Å². The van der Waals surface area contributed by atoms with Crippen molar-refractivity contribution in [2.24, 2.45) is 0 Å². The summed E-state index contributed by atoms with van der Waals surface area (Å²) in [6.45, 7) is 0. The van der Waals surface area contributed by atoms with E-state index in [0.29, 0.717) is 0 Å². The second-order valence-electron chi connectivity index (χ2n) is 1.29. The van der Waals surface area contributed by atoms with E-state index in [9.17, 15) is 0 Å². The molecule has 5 heteroatoms. The predicted molar refractivity (Wildman–Crippen MR) is 39.6 cm³/mol. The lowest BCUT2D eigenvalue weighted by molar-refractivity contribution is 0.502. The van der Waals surface area contributed by atoms with Gasteiger partial charge in [-0.25, -0.2) is 0 Å². The van der Waals surface area contributed by atoms with Crippen LogP contribution in [-0.2, 0) is 10.1 Å². The largest absolute Gasteiger partial charge is 0.341 e. The van der Waals surface area contributed by atoms with Crippen LogP contribution in [0.4, 0.5) is 0 Å². The van der Waals surface area contributed by atoms with E-state index in [-0.39, 0.29) is 10.1 Å². The Kier molecular flexibility index (Phi) is 2.94. The predicted octanol–water partition coefficient (Wildman–Crippen LogP) is 0.456. The van der Waals surface area contributed by atoms with Gasteiger partial charge >= 0.3 is 0 Å². The minimum absolute atomic E-state index is 0.346. The Hall–Kier alpha value is 1.05. The molecule has 0 amide bonds. The zero-order chi connectivity index (χ0) is 6.08. The topological polar surface area (TPSA) is 40.5 Å². The van der Waals surface area contributed by atoms with Crippen molar-refractivity contribution in [3.63, 3.8) is 0 Å². The molecule has 46 valence electrons. The van der Waals surface area contributed by atoms with Crippen molar-refractivity contribution >= 4 is 28.0 Å². The molecule has 0 bridgehead atoms. The minimum atomic E-state index is -2.77. The van der Waals surface area contributed by atoms with E-state index in [2.05, 4.69) is 12.2 Å². The Balaban J connectivity index is 4.28. The summed E-state index contributed by atoms with van der Waals surface area (Å²) in [5.41, 5.74) is -2.77. The van der Waals surface area contributed by atoms with Crippen LogP contribution in [0.2, 0.25) is 0 Å². The van der Waals surface area contributed by atoms with Gasteiger partial charge in [-0.3, -0.25) is 0 Å². The van der Waals surface area contributed by atoms with Crippen molar-refractivity contribution < 1.29 is 9.79 Å². The molecule has 0 spiro atoms. The molecule has 2 nitrogen and oxygen atoms in total. The van der Waals surface area contributed by atoms with E-state index in [1.54, 1.807) is 12.5 Å². The molecule has 7 heavy (non-hydrogen) atoms. The fourth-order valence-electron chi connectivity index (χ4n) is 0. The maximum atomic E-state index is 8.64. The molecule has 0 atom stereocenters. The first-order valence-electron chi connectivity index (χ1n) is 1.60. The van der Waals surface area contributed by atoms with Gasteiger partial charge in [-0.1, -0.05) is 12.2 Å². The maximum absolute atomic E-state index is 8.64. The lowest BCUT2D eigenvalue weighted by atomic mass is 11.9. The molecule has 0 radical (unpaired) electrons. The van der Waals surface area contributed by atoms with Gasteiger partial charge in [-0.2, -0.15) is 0 Å². The number of rotatable bonds is 0. The second kappa shape index (κ2) is 2.55. The summed E-state index contributed by atoms with van der Waals surface area (Å²) >= 11 is 3.58. The van der Waals surface area contributed by atoms with Crippen LogP contribution in [0.1, 0.15) is 0 Å². The lowest BCUT2D eigenvalue weighted by Crippen LogP contribution is -1.80. The molecule has 0 fully saturated rings. The molecule has 0 aliphatic heterocycles. The quantitative estimate of drug-likeness (QED) is 0.356. The third kappa shape index (κ3) is 3.62. The molecule has 0 aliphatic carbocycles. The summed E-state index contributed by atoms with van der Waals surface area (Å²) in [6, 6.07) is 0. The third-order valence-corrected chi connectivity index (χ3v) is 7.35. The van der Waals surface area contributed by atoms with Gasteiger partial charge in [-0.15, -0.1) is 10.1 Å². The first kappa shape index (κ1) is 8.05. The molecule has 0 heterocycles. The van der Waals surface area contributed by atoms with Gasteiger partial charge in [0.05, 0.1) is 0 Å². The normalized spacial score (nSPS) is 12.9. The fourth-order valence-corrected chi connectivity index (χ4v) is 0. The summed E-state index contributed by atoms with van der Waals surface area (Å²) in [6.07, 6.45) is 3.50. The van der Waals surface area contributed by atoms with Crippen LogP contribution in [0.15, 0.2) is 0 Å². The van der Waals surface area contributed by atoms with Gasteiger partial charge in [0.15, 0.2) is 5.69 Å². The molecule has 0 aromatic rings. The van der Waals surface area contributed by atoms with Crippen molar-refractivity contribution in [3.8, 4) is 0 Å². The Morgan fingerprint density at radius 3 is 1.57 bits per heavy atom. The molecule has 0 saturated carbocycles. The highest BCUT2D eigenvalue weighted by Crippen LogP contribution is 2.45. The molecular formula is C2H9O2PS2. The minimum Gasteiger partial charge on any atom is -0.341 e. The standard InChI is InChI=1S/C2H9O2PS2/c1-7(2)5(3,4)6/h3-4,6H,1-2H3. The Bertz CT molecular complexity index is 103. The van der Waals surface area contributed by atoms with E-state index in [0.717, 1.165) is 0 Å². The van der Waals surface area contributed by atoms with Crippen LogP contribution in [0.5, 0.6) is 0 Å². The van der Waals surface area contributed by atoms with Crippen molar-refractivity contribution in [1.29, 1.82) is 0 Å². The van der Waals surface area contributed by atoms with Crippen molar-refractivity contribution in [1.82, 2.24) is 0 Å². The van der Waals surface area contributed by atoms with Crippen LogP contribution in [0, 0.1) is 0 Å². The fraction of sp³-hybridized carbons (Fsp3) is 1.00. The number of thiol groups is 1. The van der Waals surface area contributed by atoms with E-state index < -0.39 is 5.69 Å². The zero-order valence-electron chi connectivity index (χ0n) is 4.20. The van der Waals surface area contributed by atoms with Gasteiger partial charge < -0.3 is 9.79 Å². The average molecular weight is 160 g/mol. The second-order valence-corrected chi connectivity index (χ2v) is 10.1. The molecule has 0 unspecified atom stereocenters. The van der Waals surface area contributed by atoms with Crippen LogP contribution in [0.3, 0.4) is 0 Å². The van der Waals surface area contributed by atoms with Gasteiger partial charge in [0.1, 0.15) is 0 Å². The summed E-state index contributed by atoms with van der Waals surface area (Å²) in [4.78, 5) is 17.3. The Morgan fingerprint density at radius 1 is 1.43 bits per heavy atom. The lowest BCUT2D eigenvalue weighted by Gasteiger charge is -2.04. The highest BCUT2D eigenvalue weighted by Gasteiger charge is 1.99. The molecule has 0 rings (SSSR count). The van der Waals surface area contributed by atoms with Gasteiger partial charge in [-0.05, 0) is 12.5 Å². The molecule has 2 N–H and O–H groups in total. The first-order chi connectivity index (χ1) is 2.94. The average Bonchev–Trinajstić information content (AvgIpc) is 1.31.